The normalized spacial score (nSPS) is 21.1. The van der Waals surface area contributed by atoms with Gasteiger partial charge in [-0.1, -0.05) is 50.6 Å². The van der Waals surface area contributed by atoms with Crippen LogP contribution in [0.1, 0.15) is 45.2 Å². The molecule has 20 heavy (non-hydrogen) atoms. The number of hydrogen-bond acceptors (Lipinski definition) is 2. The average Bonchev–Trinajstić information content (AvgIpc) is 2.85. The molecule has 1 saturated heterocycles. The molecule has 110 valence electrons. The van der Waals surface area contributed by atoms with Crippen LogP contribution in [0.3, 0.4) is 0 Å². The van der Waals surface area contributed by atoms with Crippen LogP contribution in [0.4, 0.5) is 0 Å². The monoisotopic (exact) mass is 294 g/mol. The molecule has 2 rings (SSSR count). The van der Waals surface area contributed by atoms with Gasteiger partial charge in [0.1, 0.15) is 0 Å². The smallest absolute Gasteiger partial charge is 0.240 e. The fourth-order valence-corrected chi connectivity index (χ4v) is 2.91. The standard InChI is InChI=1S/C16H23ClN2O/c1-16(2,3)14(18)15(20)19-10-6-9-13(19)11-7-4-5-8-12(11)17/h4-5,7-8,13-14H,6,9-10,18H2,1-3H3/t13?,14-/m0/s1. The number of hydrogen-bond donors (Lipinski definition) is 1. The van der Waals surface area contributed by atoms with Gasteiger partial charge < -0.3 is 10.6 Å². The van der Waals surface area contributed by atoms with Gasteiger partial charge in [0, 0.05) is 11.6 Å². The number of rotatable bonds is 2. The molecular formula is C16H23ClN2O. The lowest BCUT2D eigenvalue weighted by Crippen LogP contribution is -2.50. The van der Waals surface area contributed by atoms with Crippen LogP contribution in [0.2, 0.25) is 5.02 Å². The predicted octanol–water partition coefficient (Wildman–Crippen LogP) is 3.38. The maximum Gasteiger partial charge on any atom is 0.240 e. The van der Waals surface area contributed by atoms with Crippen molar-refractivity contribution in [2.45, 2.75) is 45.7 Å². The third kappa shape index (κ3) is 2.99. The quantitative estimate of drug-likeness (QED) is 0.909. The van der Waals surface area contributed by atoms with Gasteiger partial charge in [-0.05, 0) is 29.9 Å². The van der Waals surface area contributed by atoms with Crippen molar-refractivity contribution in [1.82, 2.24) is 4.90 Å². The highest BCUT2D eigenvalue weighted by atomic mass is 35.5. The molecule has 2 atom stereocenters. The van der Waals surface area contributed by atoms with Gasteiger partial charge in [-0.3, -0.25) is 4.79 Å². The van der Waals surface area contributed by atoms with Crippen molar-refractivity contribution in [2.24, 2.45) is 11.1 Å². The van der Waals surface area contributed by atoms with E-state index in [1.54, 1.807) is 0 Å². The van der Waals surface area contributed by atoms with Crippen molar-refractivity contribution in [3.63, 3.8) is 0 Å². The second-order valence-corrected chi connectivity index (χ2v) is 6.96. The molecule has 1 aromatic carbocycles. The zero-order chi connectivity index (χ0) is 14.9. The molecule has 0 spiro atoms. The number of likely N-dealkylation sites (tertiary alicyclic amines) is 1. The van der Waals surface area contributed by atoms with Crippen molar-refractivity contribution >= 4 is 17.5 Å². The molecule has 0 radical (unpaired) electrons. The molecule has 4 heteroatoms. The Kier molecular flexibility index (Phi) is 4.40. The van der Waals surface area contributed by atoms with E-state index in [0.717, 1.165) is 30.0 Å². The first-order chi connectivity index (χ1) is 9.32. The first-order valence-electron chi connectivity index (χ1n) is 7.13. The van der Waals surface area contributed by atoms with Crippen LogP contribution in [0, 0.1) is 5.41 Å². The topological polar surface area (TPSA) is 46.3 Å². The maximum absolute atomic E-state index is 12.6. The van der Waals surface area contributed by atoms with Gasteiger partial charge in [-0.2, -0.15) is 0 Å². The molecule has 1 aliphatic heterocycles. The molecule has 2 N–H and O–H groups in total. The van der Waals surface area contributed by atoms with Gasteiger partial charge in [0.05, 0.1) is 12.1 Å². The zero-order valence-corrected chi connectivity index (χ0v) is 13.2. The number of benzene rings is 1. The molecule has 0 bridgehead atoms. The summed E-state index contributed by atoms with van der Waals surface area (Å²) in [6, 6.07) is 7.33. The highest BCUT2D eigenvalue weighted by molar-refractivity contribution is 6.31. The molecule has 1 amide bonds. The van der Waals surface area contributed by atoms with Gasteiger partial charge in [-0.25, -0.2) is 0 Å². The van der Waals surface area contributed by atoms with Crippen LogP contribution in [0.5, 0.6) is 0 Å². The van der Waals surface area contributed by atoms with E-state index in [2.05, 4.69) is 0 Å². The Balaban J connectivity index is 2.24. The molecule has 0 aromatic heterocycles. The largest absolute Gasteiger partial charge is 0.334 e. The van der Waals surface area contributed by atoms with Gasteiger partial charge in [-0.15, -0.1) is 0 Å². The Morgan fingerprint density at radius 3 is 2.65 bits per heavy atom. The Bertz CT molecular complexity index is 495. The number of carbonyl (C=O) groups excluding carboxylic acids is 1. The maximum atomic E-state index is 12.6. The summed E-state index contributed by atoms with van der Waals surface area (Å²) in [7, 11) is 0. The van der Waals surface area contributed by atoms with Crippen molar-refractivity contribution in [3.8, 4) is 0 Å². The van der Waals surface area contributed by atoms with E-state index >= 15 is 0 Å². The van der Waals surface area contributed by atoms with E-state index in [4.69, 9.17) is 17.3 Å². The Labute approximate surface area is 126 Å². The molecule has 3 nitrogen and oxygen atoms in total. The number of amides is 1. The van der Waals surface area contributed by atoms with Gasteiger partial charge in [0.15, 0.2) is 0 Å². The minimum atomic E-state index is -0.481. The van der Waals surface area contributed by atoms with Crippen LogP contribution in [0.15, 0.2) is 24.3 Å². The number of nitrogens with zero attached hydrogens (tertiary/aromatic N) is 1. The molecule has 1 aliphatic rings. The lowest BCUT2D eigenvalue weighted by molar-refractivity contribution is -0.135. The summed E-state index contributed by atoms with van der Waals surface area (Å²) in [6.45, 7) is 6.75. The minimum Gasteiger partial charge on any atom is -0.334 e. The summed E-state index contributed by atoms with van der Waals surface area (Å²) in [5, 5.41) is 0.724. The van der Waals surface area contributed by atoms with Crippen LogP contribution < -0.4 is 5.73 Å². The Morgan fingerprint density at radius 2 is 2.05 bits per heavy atom. The summed E-state index contributed by atoms with van der Waals surface area (Å²) in [6.07, 6.45) is 1.95. The van der Waals surface area contributed by atoms with Crippen LogP contribution in [-0.2, 0) is 4.79 Å². The molecule has 1 aromatic rings. The van der Waals surface area contributed by atoms with Crippen molar-refractivity contribution in [1.29, 1.82) is 0 Å². The van der Waals surface area contributed by atoms with E-state index in [9.17, 15) is 4.79 Å². The van der Waals surface area contributed by atoms with Crippen LogP contribution >= 0.6 is 11.6 Å². The summed E-state index contributed by atoms with van der Waals surface area (Å²) >= 11 is 6.27. The highest BCUT2D eigenvalue weighted by Crippen LogP contribution is 2.36. The first-order valence-corrected chi connectivity index (χ1v) is 7.50. The van der Waals surface area contributed by atoms with Gasteiger partial charge in [0.25, 0.3) is 0 Å². The highest BCUT2D eigenvalue weighted by Gasteiger charge is 2.37. The summed E-state index contributed by atoms with van der Waals surface area (Å²) < 4.78 is 0. The fraction of sp³-hybridized carbons (Fsp3) is 0.562. The van der Waals surface area contributed by atoms with Crippen molar-refractivity contribution in [3.05, 3.63) is 34.9 Å². The summed E-state index contributed by atoms with van der Waals surface area (Å²) in [4.78, 5) is 14.5. The third-order valence-corrected chi connectivity index (χ3v) is 4.34. The summed E-state index contributed by atoms with van der Waals surface area (Å²) in [5.41, 5.74) is 6.93. The molecule has 1 fully saturated rings. The van der Waals surface area contributed by atoms with Gasteiger partial charge >= 0.3 is 0 Å². The third-order valence-electron chi connectivity index (χ3n) is 4.00. The van der Waals surface area contributed by atoms with Crippen LogP contribution in [-0.4, -0.2) is 23.4 Å². The molecule has 0 aliphatic carbocycles. The zero-order valence-electron chi connectivity index (χ0n) is 12.4. The summed E-state index contributed by atoms with van der Waals surface area (Å²) in [5.74, 6) is 0.0277. The van der Waals surface area contributed by atoms with Crippen LogP contribution in [0.25, 0.3) is 0 Å². The molecule has 0 saturated carbocycles. The second kappa shape index (κ2) is 5.74. The van der Waals surface area contributed by atoms with Gasteiger partial charge in [0.2, 0.25) is 5.91 Å². The number of halogens is 1. The SMILES string of the molecule is CC(C)(C)[C@@H](N)C(=O)N1CCCC1c1ccccc1Cl. The lowest BCUT2D eigenvalue weighted by atomic mass is 9.86. The molecule has 1 heterocycles. The predicted molar refractivity (Wildman–Crippen MR) is 82.6 cm³/mol. The molecular weight excluding hydrogens is 272 g/mol. The Hall–Kier alpha value is -1.06. The minimum absolute atomic E-state index is 0.0277. The average molecular weight is 295 g/mol. The number of nitrogens with two attached hydrogens (primary N) is 1. The molecule has 1 unspecified atom stereocenters. The van der Waals surface area contributed by atoms with E-state index in [0.29, 0.717) is 0 Å². The Morgan fingerprint density at radius 1 is 1.40 bits per heavy atom. The van der Waals surface area contributed by atoms with E-state index < -0.39 is 6.04 Å². The van der Waals surface area contributed by atoms with Crippen molar-refractivity contribution in [2.75, 3.05) is 6.54 Å². The van der Waals surface area contributed by atoms with E-state index in [1.165, 1.54) is 0 Å². The van der Waals surface area contributed by atoms with E-state index in [1.807, 2.05) is 49.9 Å². The fourth-order valence-electron chi connectivity index (χ4n) is 2.65. The number of carbonyl (C=O) groups is 1. The van der Waals surface area contributed by atoms with Crippen molar-refractivity contribution < 1.29 is 4.79 Å². The first kappa shape index (κ1) is 15.3. The lowest BCUT2D eigenvalue weighted by Gasteiger charge is -2.33. The van der Waals surface area contributed by atoms with E-state index in [-0.39, 0.29) is 17.4 Å². The second-order valence-electron chi connectivity index (χ2n) is 6.55.